The number of rotatable bonds is 6. The summed E-state index contributed by atoms with van der Waals surface area (Å²) in [5.74, 6) is 1.36. The first-order valence-electron chi connectivity index (χ1n) is 11.8. The molecule has 0 radical (unpaired) electrons. The first-order chi connectivity index (χ1) is 17.2. The lowest BCUT2D eigenvalue weighted by Gasteiger charge is -2.25. The monoisotopic (exact) mass is 468 g/mol. The van der Waals surface area contributed by atoms with E-state index in [2.05, 4.69) is 27.4 Å². The molecule has 0 bridgehead atoms. The van der Waals surface area contributed by atoms with Crippen LogP contribution in [0.15, 0.2) is 79.3 Å². The molecule has 3 heterocycles. The van der Waals surface area contributed by atoms with Gasteiger partial charge in [0.15, 0.2) is 0 Å². The Hall–Kier alpha value is -3.97. The lowest BCUT2D eigenvalue weighted by Crippen LogP contribution is -2.36. The van der Waals surface area contributed by atoms with Crippen molar-refractivity contribution < 1.29 is 14.3 Å². The molecular formula is C28H28N4O3. The number of anilines is 2. The predicted octanol–water partition coefficient (Wildman–Crippen LogP) is 4.71. The number of pyridine rings is 2. The van der Waals surface area contributed by atoms with Gasteiger partial charge in [-0.2, -0.15) is 0 Å². The molecule has 1 N–H and O–H groups in total. The van der Waals surface area contributed by atoms with Crippen LogP contribution >= 0.6 is 0 Å². The highest BCUT2D eigenvalue weighted by Gasteiger charge is 2.26. The number of aromatic nitrogens is 2. The number of methoxy groups -OCH3 is 1. The fourth-order valence-corrected chi connectivity index (χ4v) is 4.53. The summed E-state index contributed by atoms with van der Waals surface area (Å²) >= 11 is 0. The number of carbonyl (C=O) groups excluding carboxylic acids is 1. The van der Waals surface area contributed by atoms with Crippen molar-refractivity contribution in [2.75, 3.05) is 38.7 Å². The number of amides is 1. The second kappa shape index (κ2) is 10.5. The van der Waals surface area contributed by atoms with Gasteiger partial charge in [0.05, 0.1) is 25.9 Å². The fourth-order valence-electron chi connectivity index (χ4n) is 4.53. The zero-order chi connectivity index (χ0) is 24.0. The smallest absolute Gasteiger partial charge is 0.257 e. The second-order valence-corrected chi connectivity index (χ2v) is 8.67. The Labute approximate surface area is 204 Å². The van der Waals surface area contributed by atoms with Crippen molar-refractivity contribution in [3.8, 4) is 5.75 Å². The molecule has 0 saturated carbocycles. The Kier molecular flexibility index (Phi) is 6.86. The van der Waals surface area contributed by atoms with E-state index in [9.17, 15) is 4.79 Å². The summed E-state index contributed by atoms with van der Waals surface area (Å²) in [6.45, 7) is 2.26. The molecule has 0 spiro atoms. The van der Waals surface area contributed by atoms with Crippen molar-refractivity contribution in [3.05, 3.63) is 90.4 Å². The third kappa shape index (κ3) is 5.25. The van der Waals surface area contributed by atoms with E-state index in [0.29, 0.717) is 37.7 Å². The van der Waals surface area contributed by atoms with E-state index in [1.165, 1.54) is 10.9 Å². The molecule has 1 fully saturated rings. The van der Waals surface area contributed by atoms with E-state index < -0.39 is 0 Å². The van der Waals surface area contributed by atoms with Crippen LogP contribution in [0.5, 0.6) is 5.75 Å². The summed E-state index contributed by atoms with van der Waals surface area (Å²) in [4.78, 5) is 24.4. The maximum Gasteiger partial charge on any atom is 0.257 e. The van der Waals surface area contributed by atoms with E-state index in [4.69, 9.17) is 9.47 Å². The number of ether oxygens (including phenoxy) is 2. The standard InChI is InChI=1S/C28H28N4O3/c1-34-24-8-4-7-23(15-24)31-27-26(10-5-11-30-27)28(33)32-12-13-35-19-20(18-32)14-22-17-29-16-21-6-2-3-9-25(21)22/h2-11,15-17,20H,12-14,18-19H2,1H3,(H,30,31)/t20-/m1/s1. The summed E-state index contributed by atoms with van der Waals surface area (Å²) in [7, 11) is 1.63. The van der Waals surface area contributed by atoms with Crippen LogP contribution < -0.4 is 10.1 Å². The van der Waals surface area contributed by atoms with Gasteiger partial charge in [0.2, 0.25) is 0 Å². The summed E-state index contributed by atoms with van der Waals surface area (Å²) < 4.78 is 11.2. The minimum atomic E-state index is -0.0601. The quantitative estimate of drug-likeness (QED) is 0.442. The van der Waals surface area contributed by atoms with Crippen molar-refractivity contribution >= 4 is 28.2 Å². The maximum atomic E-state index is 13.7. The molecular weight excluding hydrogens is 440 g/mol. The number of fused-ring (bicyclic) bond motifs is 1. The van der Waals surface area contributed by atoms with Crippen LogP contribution in [-0.4, -0.2) is 54.2 Å². The third-order valence-corrected chi connectivity index (χ3v) is 6.25. The predicted molar refractivity (Wildman–Crippen MR) is 136 cm³/mol. The summed E-state index contributed by atoms with van der Waals surface area (Å²) in [5.41, 5.74) is 2.51. The molecule has 1 atom stereocenters. The molecule has 0 aliphatic carbocycles. The third-order valence-electron chi connectivity index (χ3n) is 6.25. The Balaban J connectivity index is 1.35. The van der Waals surface area contributed by atoms with Crippen LogP contribution in [-0.2, 0) is 11.2 Å². The van der Waals surface area contributed by atoms with Crippen LogP contribution in [0, 0.1) is 5.92 Å². The van der Waals surface area contributed by atoms with Gasteiger partial charge in [-0.15, -0.1) is 0 Å². The highest BCUT2D eigenvalue weighted by Crippen LogP contribution is 2.25. The number of nitrogens with one attached hydrogen (secondary N) is 1. The van der Waals surface area contributed by atoms with Crippen molar-refractivity contribution in [2.45, 2.75) is 6.42 Å². The zero-order valence-corrected chi connectivity index (χ0v) is 19.7. The normalized spacial score (nSPS) is 16.0. The molecule has 35 heavy (non-hydrogen) atoms. The van der Waals surface area contributed by atoms with Gasteiger partial charge in [0, 0.05) is 54.7 Å². The van der Waals surface area contributed by atoms with Crippen LogP contribution in [0.25, 0.3) is 10.8 Å². The Morgan fingerprint density at radius 1 is 1.14 bits per heavy atom. The summed E-state index contributed by atoms with van der Waals surface area (Å²) in [5, 5.41) is 5.59. The van der Waals surface area contributed by atoms with Crippen LogP contribution in [0.3, 0.4) is 0 Å². The minimum Gasteiger partial charge on any atom is -0.497 e. The SMILES string of the molecule is COc1cccc(Nc2ncccc2C(=O)N2CCOC[C@H](Cc3cncc4ccccc34)C2)c1. The van der Waals surface area contributed by atoms with Crippen LogP contribution in [0.1, 0.15) is 15.9 Å². The van der Waals surface area contributed by atoms with Gasteiger partial charge in [0.25, 0.3) is 5.91 Å². The Bertz CT molecular complexity index is 1320. The molecule has 5 rings (SSSR count). The second-order valence-electron chi connectivity index (χ2n) is 8.67. The van der Waals surface area contributed by atoms with Crippen LogP contribution in [0.2, 0.25) is 0 Å². The molecule has 4 aromatic rings. The van der Waals surface area contributed by atoms with Gasteiger partial charge in [-0.05, 0) is 41.6 Å². The van der Waals surface area contributed by atoms with Crippen molar-refractivity contribution in [2.24, 2.45) is 5.92 Å². The summed E-state index contributed by atoms with van der Waals surface area (Å²) in [6.07, 6.45) is 6.29. The van der Waals surface area contributed by atoms with Gasteiger partial charge in [-0.3, -0.25) is 9.78 Å². The number of hydrogen-bond acceptors (Lipinski definition) is 6. The fraction of sp³-hybridized carbons (Fsp3) is 0.250. The molecule has 7 nitrogen and oxygen atoms in total. The molecule has 7 heteroatoms. The first kappa shape index (κ1) is 22.8. The zero-order valence-electron chi connectivity index (χ0n) is 19.7. The average molecular weight is 469 g/mol. The van der Waals surface area contributed by atoms with Gasteiger partial charge >= 0.3 is 0 Å². The van der Waals surface area contributed by atoms with E-state index in [1.54, 1.807) is 19.4 Å². The molecule has 1 aliphatic heterocycles. The molecule has 2 aromatic heterocycles. The number of carbonyl (C=O) groups is 1. The highest BCUT2D eigenvalue weighted by molar-refractivity contribution is 5.99. The lowest BCUT2D eigenvalue weighted by atomic mass is 9.96. The van der Waals surface area contributed by atoms with E-state index in [0.717, 1.165) is 23.2 Å². The Morgan fingerprint density at radius 3 is 2.97 bits per heavy atom. The highest BCUT2D eigenvalue weighted by atomic mass is 16.5. The van der Waals surface area contributed by atoms with Gasteiger partial charge in [-0.25, -0.2) is 4.98 Å². The molecule has 2 aromatic carbocycles. The number of hydrogen-bond donors (Lipinski definition) is 1. The molecule has 1 amide bonds. The number of benzene rings is 2. The molecule has 1 saturated heterocycles. The van der Waals surface area contributed by atoms with E-state index >= 15 is 0 Å². The Morgan fingerprint density at radius 2 is 2.06 bits per heavy atom. The van der Waals surface area contributed by atoms with Crippen molar-refractivity contribution in [1.82, 2.24) is 14.9 Å². The van der Waals surface area contributed by atoms with E-state index in [1.807, 2.05) is 59.8 Å². The average Bonchev–Trinajstić information content (AvgIpc) is 3.14. The van der Waals surface area contributed by atoms with E-state index in [-0.39, 0.29) is 11.8 Å². The lowest BCUT2D eigenvalue weighted by molar-refractivity contribution is 0.0738. The largest absolute Gasteiger partial charge is 0.497 e. The maximum absolute atomic E-state index is 13.7. The summed E-state index contributed by atoms with van der Waals surface area (Å²) in [6, 6.07) is 19.4. The molecule has 178 valence electrons. The first-order valence-corrected chi connectivity index (χ1v) is 11.8. The van der Waals surface area contributed by atoms with Gasteiger partial charge < -0.3 is 19.7 Å². The molecule has 1 aliphatic rings. The van der Waals surface area contributed by atoms with Crippen molar-refractivity contribution in [3.63, 3.8) is 0 Å². The van der Waals surface area contributed by atoms with Gasteiger partial charge in [-0.1, -0.05) is 30.3 Å². The molecule has 0 unspecified atom stereocenters. The topological polar surface area (TPSA) is 76.6 Å². The van der Waals surface area contributed by atoms with Crippen molar-refractivity contribution in [1.29, 1.82) is 0 Å². The minimum absolute atomic E-state index is 0.0601. The number of nitrogens with zero attached hydrogens (tertiary/aromatic N) is 3. The van der Waals surface area contributed by atoms with Gasteiger partial charge in [0.1, 0.15) is 11.6 Å². The van der Waals surface area contributed by atoms with Crippen LogP contribution in [0.4, 0.5) is 11.5 Å².